The zero-order chi connectivity index (χ0) is 16.3. The maximum absolute atomic E-state index is 11.9. The van der Waals surface area contributed by atoms with E-state index in [-0.39, 0.29) is 24.7 Å². The largest absolute Gasteiger partial charge is 0.481 e. The van der Waals surface area contributed by atoms with Gasteiger partial charge in [-0.15, -0.1) is 0 Å². The molecule has 0 aromatic heterocycles. The van der Waals surface area contributed by atoms with E-state index in [9.17, 15) is 19.7 Å². The highest BCUT2D eigenvalue weighted by atomic mass is 16.6. The molecule has 1 aromatic rings. The summed E-state index contributed by atoms with van der Waals surface area (Å²) in [5.41, 5.74) is -0.573. The molecule has 0 aliphatic heterocycles. The molecule has 1 aliphatic rings. The van der Waals surface area contributed by atoms with Gasteiger partial charge >= 0.3 is 5.97 Å². The summed E-state index contributed by atoms with van der Waals surface area (Å²) in [6, 6.07) is 6.14. The molecule has 2 rings (SSSR count). The Morgan fingerprint density at radius 3 is 2.59 bits per heavy atom. The molecule has 1 aliphatic carbocycles. The number of nitro groups is 1. The van der Waals surface area contributed by atoms with E-state index in [0.29, 0.717) is 18.5 Å². The Morgan fingerprint density at radius 2 is 2.05 bits per heavy atom. The van der Waals surface area contributed by atoms with Crippen molar-refractivity contribution in [3.05, 3.63) is 34.4 Å². The predicted octanol–water partition coefficient (Wildman–Crippen LogP) is 1.01. The molecule has 0 atom stereocenters. The molecule has 0 heterocycles. The smallest absolute Gasteiger partial charge is 0.311 e. The number of hydrogen-bond acceptors (Lipinski definition) is 5. The van der Waals surface area contributed by atoms with Gasteiger partial charge in [0.1, 0.15) is 5.69 Å². The van der Waals surface area contributed by atoms with Crippen molar-refractivity contribution in [3.8, 4) is 0 Å². The molecule has 2 N–H and O–H groups in total. The maximum Gasteiger partial charge on any atom is 0.311 e. The number of carboxylic acids is 1. The van der Waals surface area contributed by atoms with E-state index in [1.165, 1.54) is 11.0 Å². The van der Waals surface area contributed by atoms with Crippen molar-refractivity contribution in [2.45, 2.75) is 12.8 Å². The van der Waals surface area contributed by atoms with Crippen LogP contribution in [-0.4, -0.2) is 42.0 Å². The number of para-hydroxylation sites is 2. The molecular weight excluding hydrogens is 290 g/mol. The summed E-state index contributed by atoms with van der Waals surface area (Å²) in [5, 5.41) is 22.6. The number of aliphatic carboxylic acids is 1. The quantitative estimate of drug-likeness (QED) is 0.574. The first-order valence-electron chi connectivity index (χ1n) is 6.80. The molecule has 0 unspecified atom stereocenters. The van der Waals surface area contributed by atoms with Gasteiger partial charge in [0.15, 0.2) is 0 Å². The fourth-order valence-corrected chi connectivity index (χ4v) is 2.18. The minimum absolute atomic E-state index is 0.0815. The van der Waals surface area contributed by atoms with Gasteiger partial charge in [0, 0.05) is 19.7 Å². The number of nitrogens with zero attached hydrogens (tertiary/aromatic N) is 2. The number of hydrogen-bond donors (Lipinski definition) is 2. The van der Waals surface area contributed by atoms with Crippen molar-refractivity contribution in [1.82, 2.24) is 5.32 Å². The van der Waals surface area contributed by atoms with Crippen LogP contribution in [0.15, 0.2) is 24.3 Å². The first-order valence-corrected chi connectivity index (χ1v) is 6.80. The molecule has 0 saturated heterocycles. The van der Waals surface area contributed by atoms with Crippen molar-refractivity contribution in [1.29, 1.82) is 0 Å². The SMILES string of the molecule is CN(CC(=O)NCC1(C(=O)O)CC1)c1ccccc1[N+](=O)[O-]. The van der Waals surface area contributed by atoms with Gasteiger partial charge < -0.3 is 15.3 Å². The summed E-state index contributed by atoms with van der Waals surface area (Å²) >= 11 is 0. The number of nitrogens with one attached hydrogen (secondary N) is 1. The molecular formula is C14H17N3O5. The molecule has 1 saturated carbocycles. The third kappa shape index (κ3) is 3.33. The first kappa shape index (κ1) is 15.7. The third-order valence-electron chi connectivity index (χ3n) is 3.80. The lowest BCUT2D eigenvalue weighted by Crippen LogP contribution is -2.40. The Morgan fingerprint density at radius 1 is 1.41 bits per heavy atom. The van der Waals surface area contributed by atoms with Gasteiger partial charge in [0.2, 0.25) is 5.91 Å². The van der Waals surface area contributed by atoms with Crippen molar-refractivity contribution >= 4 is 23.3 Å². The molecule has 1 amide bonds. The van der Waals surface area contributed by atoms with Crippen LogP contribution in [0.25, 0.3) is 0 Å². The molecule has 8 nitrogen and oxygen atoms in total. The molecule has 0 spiro atoms. The number of rotatable bonds is 7. The minimum atomic E-state index is -0.903. The number of carbonyl (C=O) groups is 2. The molecule has 1 aromatic carbocycles. The number of likely N-dealkylation sites (N-methyl/N-ethyl adjacent to an activating group) is 1. The number of carbonyl (C=O) groups excluding carboxylic acids is 1. The van der Waals surface area contributed by atoms with Gasteiger partial charge in [0.25, 0.3) is 5.69 Å². The molecule has 0 bridgehead atoms. The van der Waals surface area contributed by atoms with Crippen LogP contribution in [0.5, 0.6) is 0 Å². The lowest BCUT2D eigenvalue weighted by atomic mass is 10.1. The van der Waals surface area contributed by atoms with E-state index >= 15 is 0 Å². The summed E-state index contributed by atoms with van der Waals surface area (Å²) < 4.78 is 0. The van der Waals surface area contributed by atoms with Crippen LogP contribution in [0.2, 0.25) is 0 Å². The average molecular weight is 307 g/mol. The van der Waals surface area contributed by atoms with Crippen LogP contribution >= 0.6 is 0 Å². The summed E-state index contributed by atoms with van der Waals surface area (Å²) in [7, 11) is 1.58. The lowest BCUT2D eigenvalue weighted by molar-refractivity contribution is -0.384. The predicted molar refractivity (Wildman–Crippen MR) is 78.7 cm³/mol. The van der Waals surface area contributed by atoms with E-state index in [2.05, 4.69) is 5.32 Å². The van der Waals surface area contributed by atoms with Crippen LogP contribution in [-0.2, 0) is 9.59 Å². The normalized spacial score (nSPS) is 15.0. The Labute approximate surface area is 126 Å². The highest BCUT2D eigenvalue weighted by molar-refractivity contribution is 5.84. The van der Waals surface area contributed by atoms with Crippen molar-refractivity contribution in [2.24, 2.45) is 5.41 Å². The third-order valence-corrected chi connectivity index (χ3v) is 3.80. The van der Waals surface area contributed by atoms with E-state index in [1.807, 2.05) is 0 Å². The number of benzene rings is 1. The van der Waals surface area contributed by atoms with Crippen molar-refractivity contribution < 1.29 is 19.6 Å². The van der Waals surface area contributed by atoms with Gasteiger partial charge in [-0.05, 0) is 18.9 Å². The lowest BCUT2D eigenvalue weighted by Gasteiger charge is -2.19. The summed E-state index contributed by atoms with van der Waals surface area (Å²) in [6.45, 7) is 0.00639. The highest BCUT2D eigenvalue weighted by Crippen LogP contribution is 2.45. The van der Waals surface area contributed by atoms with Crippen LogP contribution in [0, 0.1) is 15.5 Å². The Balaban J connectivity index is 1.94. The van der Waals surface area contributed by atoms with E-state index in [1.54, 1.807) is 25.2 Å². The first-order chi connectivity index (χ1) is 10.4. The molecule has 8 heteroatoms. The zero-order valence-electron chi connectivity index (χ0n) is 12.1. The van der Waals surface area contributed by atoms with Crippen molar-refractivity contribution in [2.75, 3.05) is 25.0 Å². The minimum Gasteiger partial charge on any atom is -0.481 e. The fourth-order valence-electron chi connectivity index (χ4n) is 2.18. The Bertz CT molecular complexity index is 612. The second-order valence-electron chi connectivity index (χ2n) is 5.46. The topological polar surface area (TPSA) is 113 Å². The highest BCUT2D eigenvalue weighted by Gasteiger charge is 2.50. The molecule has 22 heavy (non-hydrogen) atoms. The van der Waals surface area contributed by atoms with E-state index in [4.69, 9.17) is 5.11 Å². The monoisotopic (exact) mass is 307 g/mol. The number of anilines is 1. The van der Waals surface area contributed by atoms with E-state index < -0.39 is 16.3 Å². The number of amides is 1. The fraction of sp³-hybridized carbons (Fsp3) is 0.429. The van der Waals surface area contributed by atoms with E-state index in [0.717, 1.165) is 0 Å². The second-order valence-corrected chi connectivity index (χ2v) is 5.46. The van der Waals surface area contributed by atoms with Gasteiger partial charge in [-0.25, -0.2) is 0 Å². The maximum atomic E-state index is 11.9. The average Bonchev–Trinajstić information content (AvgIpc) is 3.26. The van der Waals surface area contributed by atoms with Crippen LogP contribution in [0.3, 0.4) is 0 Å². The number of nitro benzene ring substituents is 1. The van der Waals surface area contributed by atoms with Crippen LogP contribution < -0.4 is 10.2 Å². The van der Waals surface area contributed by atoms with Crippen molar-refractivity contribution in [3.63, 3.8) is 0 Å². The van der Waals surface area contributed by atoms with Gasteiger partial charge in [-0.3, -0.25) is 19.7 Å². The Kier molecular flexibility index (Phi) is 4.30. The molecule has 1 fully saturated rings. The van der Waals surface area contributed by atoms with Crippen LogP contribution in [0.4, 0.5) is 11.4 Å². The van der Waals surface area contributed by atoms with Crippen LogP contribution in [0.1, 0.15) is 12.8 Å². The van der Waals surface area contributed by atoms with Gasteiger partial charge in [-0.2, -0.15) is 0 Å². The van der Waals surface area contributed by atoms with Gasteiger partial charge in [-0.1, -0.05) is 12.1 Å². The number of carboxylic acid groups (broad SMARTS) is 1. The zero-order valence-corrected chi connectivity index (χ0v) is 12.1. The Hall–Kier alpha value is -2.64. The molecule has 118 valence electrons. The summed E-state index contributed by atoms with van der Waals surface area (Å²) in [6.07, 6.45) is 1.12. The summed E-state index contributed by atoms with van der Waals surface area (Å²) in [4.78, 5) is 34.8. The summed E-state index contributed by atoms with van der Waals surface area (Å²) in [5.74, 6) is -1.27. The standard InChI is InChI=1S/C14H17N3O5/c1-16(10-4-2-3-5-11(10)17(21)22)8-12(18)15-9-14(6-7-14)13(19)20/h2-5H,6-9H2,1H3,(H,15,18)(H,19,20). The van der Waals surface area contributed by atoms with Gasteiger partial charge in [0.05, 0.1) is 16.9 Å². The molecule has 0 radical (unpaired) electrons. The second kappa shape index (κ2) is 6.00.